The van der Waals surface area contributed by atoms with E-state index in [1.54, 1.807) is 0 Å². The molecule has 5 unspecified atom stereocenters. The van der Waals surface area contributed by atoms with Crippen molar-refractivity contribution in [2.24, 2.45) is 23.2 Å². The van der Waals surface area contributed by atoms with Crippen LogP contribution in [0, 0.1) is 23.2 Å². The maximum absolute atomic E-state index is 12.2. The standard InChI is InChI=1S/C15H22O4/c1-4-15(2,3)14(17)18-11-6-8-5-9(11)10-7-12(16)19-13(8)10/h8-11,13H,4-7H2,1-3H3. The molecule has 1 saturated heterocycles. The Morgan fingerprint density at radius 1 is 1.37 bits per heavy atom. The van der Waals surface area contributed by atoms with Gasteiger partial charge >= 0.3 is 11.9 Å². The minimum absolute atomic E-state index is 0.000856. The normalized spacial score (nSPS) is 40.2. The Kier molecular flexibility index (Phi) is 2.88. The van der Waals surface area contributed by atoms with Crippen molar-refractivity contribution in [1.82, 2.24) is 0 Å². The lowest BCUT2D eigenvalue weighted by molar-refractivity contribution is -0.164. The van der Waals surface area contributed by atoms with Crippen LogP contribution in [0.15, 0.2) is 0 Å². The Morgan fingerprint density at radius 2 is 2.11 bits per heavy atom. The molecule has 3 rings (SSSR count). The molecule has 0 aromatic rings. The smallest absolute Gasteiger partial charge is 0.311 e. The zero-order valence-corrected chi connectivity index (χ0v) is 11.8. The summed E-state index contributed by atoms with van der Waals surface area (Å²) in [6.45, 7) is 5.85. The number of rotatable bonds is 3. The first kappa shape index (κ1) is 12.9. The molecule has 0 aromatic heterocycles. The van der Waals surface area contributed by atoms with Gasteiger partial charge in [-0.15, -0.1) is 0 Å². The molecule has 0 spiro atoms. The lowest BCUT2D eigenvalue weighted by atomic mass is 9.83. The molecule has 0 N–H and O–H groups in total. The molecule has 2 bridgehead atoms. The number of fused-ring (bicyclic) bond motifs is 5. The third-order valence-corrected chi connectivity index (χ3v) is 5.39. The molecular formula is C15H22O4. The van der Waals surface area contributed by atoms with Crippen LogP contribution in [-0.4, -0.2) is 24.1 Å². The molecule has 0 amide bonds. The van der Waals surface area contributed by atoms with Crippen LogP contribution in [0.25, 0.3) is 0 Å². The van der Waals surface area contributed by atoms with Gasteiger partial charge in [0.15, 0.2) is 0 Å². The second-order valence-corrected chi connectivity index (χ2v) is 6.90. The van der Waals surface area contributed by atoms with Gasteiger partial charge in [-0.05, 0) is 33.1 Å². The number of carbonyl (C=O) groups is 2. The summed E-state index contributed by atoms with van der Waals surface area (Å²) in [5, 5.41) is 0. The Hall–Kier alpha value is -1.06. The average Bonchev–Trinajstić information content (AvgIpc) is 2.99. The van der Waals surface area contributed by atoms with Crippen LogP contribution in [0.2, 0.25) is 0 Å². The van der Waals surface area contributed by atoms with E-state index < -0.39 is 5.41 Å². The maximum Gasteiger partial charge on any atom is 0.311 e. The van der Waals surface area contributed by atoms with Gasteiger partial charge in [-0.1, -0.05) is 6.92 Å². The van der Waals surface area contributed by atoms with E-state index >= 15 is 0 Å². The molecule has 5 atom stereocenters. The topological polar surface area (TPSA) is 52.6 Å². The van der Waals surface area contributed by atoms with E-state index in [4.69, 9.17) is 9.47 Å². The van der Waals surface area contributed by atoms with Gasteiger partial charge in [-0.25, -0.2) is 0 Å². The summed E-state index contributed by atoms with van der Waals surface area (Å²) in [7, 11) is 0. The van der Waals surface area contributed by atoms with Crippen LogP contribution in [0.4, 0.5) is 0 Å². The molecule has 1 heterocycles. The van der Waals surface area contributed by atoms with Gasteiger partial charge in [0.05, 0.1) is 11.8 Å². The largest absolute Gasteiger partial charge is 0.462 e. The van der Waals surface area contributed by atoms with Crippen molar-refractivity contribution in [2.45, 2.75) is 58.7 Å². The van der Waals surface area contributed by atoms with Gasteiger partial charge in [0.25, 0.3) is 0 Å². The molecule has 1 aliphatic heterocycles. The Bertz CT molecular complexity index is 414. The van der Waals surface area contributed by atoms with Crippen LogP contribution in [0.5, 0.6) is 0 Å². The van der Waals surface area contributed by atoms with Gasteiger partial charge in [0.1, 0.15) is 12.2 Å². The van der Waals surface area contributed by atoms with Crippen LogP contribution in [0.3, 0.4) is 0 Å². The first-order valence-corrected chi connectivity index (χ1v) is 7.33. The van der Waals surface area contributed by atoms with Crippen molar-refractivity contribution in [3.8, 4) is 0 Å². The van der Waals surface area contributed by atoms with Crippen molar-refractivity contribution in [1.29, 1.82) is 0 Å². The van der Waals surface area contributed by atoms with Crippen LogP contribution >= 0.6 is 0 Å². The fourth-order valence-electron chi connectivity index (χ4n) is 3.80. The third-order valence-electron chi connectivity index (χ3n) is 5.39. The molecule has 2 aliphatic carbocycles. The lowest BCUT2D eigenvalue weighted by Crippen LogP contribution is -2.38. The second-order valence-electron chi connectivity index (χ2n) is 6.90. The van der Waals surface area contributed by atoms with E-state index in [1.807, 2.05) is 20.8 Å². The monoisotopic (exact) mass is 266 g/mol. The van der Waals surface area contributed by atoms with E-state index in [0.717, 1.165) is 19.3 Å². The van der Waals surface area contributed by atoms with Crippen molar-refractivity contribution >= 4 is 11.9 Å². The third kappa shape index (κ3) is 1.96. The van der Waals surface area contributed by atoms with E-state index in [0.29, 0.717) is 18.3 Å². The van der Waals surface area contributed by atoms with Crippen molar-refractivity contribution in [3.05, 3.63) is 0 Å². The van der Waals surface area contributed by atoms with E-state index in [-0.39, 0.29) is 30.1 Å². The quantitative estimate of drug-likeness (QED) is 0.736. The molecule has 2 saturated carbocycles. The van der Waals surface area contributed by atoms with Crippen molar-refractivity contribution in [2.75, 3.05) is 0 Å². The Morgan fingerprint density at radius 3 is 2.79 bits per heavy atom. The molecule has 0 aromatic carbocycles. The predicted octanol–water partition coefficient (Wildman–Crippen LogP) is 2.31. The minimum atomic E-state index is -0.413. The second kappa shape index (κ2) is 4.22. The lowest BCUT2D eigenvalue weighted by Gasteiger charge is -2.31. The highest BCUT2D eigenvalue weighted by Crippen LogP contribution is 2.55. The minimum Gasteiger partial charge on any atom is -0.462 e. The average molecular weight is 266 g/mol. The summed E-state index contributed by atoms with van der Waals surface area (Å²) < 4.78 is 11.1. The number of esters is 2. The number of hydrogen-bond donors (Lipinski definition) is 0. The van der Waals surface area contributed by atoms with Gasteiger partial charge in [0, 0.05) is 17.8 Å². The zero-order valence-electron chi connectivity index (χ0n) is 11.8. The van der Waals surface area contributed by atoms with Gasteiger partial charge in [-0.3, -0.25) is 9.59 Å². The maximum atomic E-state index is 12.2. The van der Waals surface area contributed by atoms with E-state index in [1.165, 1.54) is 0 Å². The first-order valence-electron chi connectivity index (χ1n) is 7.33. The van der Waals surface area contributed by atoms with Crippen molar-refractivity contribution in [3.63, 3.8) is 0 Å². The van der Waals surface area contributed by atoms with Gasteiger partial charge in [-0.2, -0.15) is 0 Å². The fraction of sp³-hybridized carbons (Fsp3) is 0.867. The molecule has 106 valence electrons. The highest BCUT2D eigenvalue weighted by molar-refractivity contribution is 5.76. The number of ether oxygens (including phenoxy) is 2. The Balaban J connectivity index is 1.66. The molecule has 0 radical (unpaired) electrons. The zero-order chi connectivity index (χ0) is 13.8. The van der Waals surface area contributed by atoms with E-state index in [2.05, 4.69) is 0 Å². The SMILES string of the molecule is CCC(C)(C)C(=O)OC1CC2CC1C1CC(=O)OC21. The summed E-state index contributed by atoms with van der Waals surface area (Å²) in [5.41, 5.74) is -0.413. The molecule has 4 nitrogen and oxygen atoms in total. The molecule has 3 aliphatic rings. The summed E-state index contributed by atoms with van der Waals surface area (Å²) in [6, 6.07) is 0. The molecule has 4 heteroatoms. The highest BCUT2D eigenvalue weighted by atomic mass is 16.6. The Labute approximate surface area is 113 Å². The summed E-state index contributed by atoms with van der Waals surface area (Å²) in [5.74, 6) is 0.843. The fourth-order valence-corrected chi connectivity index (χ4v) is 3.80. The van der Waals surface area contributed by atoms with Gasteiger partial charge < -0.3 is 9.47 Å². The summed E-state index contributed by atoms with van der Waals surface area (Å²) in [6.07, 6.45) is 3.31. The molecule has 19 heavy (non-hydrogen) atoms. The van der Waals surface area contributed by atoms with E-state index in [9.17, 15) is 9.59 Å². The van der Waals surface area contributed by atoms with Crippen LogP contribution in [-0.2, 0) is 19.1 Å². The van der Waals surface area contributed by atoms with Gasteiger partial charge in [0.2, 0.25) is 0 Å². The first-order chi connectivity index (χ1) is 8.92. The number of carbonyl (C=O) groups excluding carboxylic acids is 2. The predicted molar refractivity (Wildman–Crippen MR) is 68.2 cm³/mol. The summed E-state index contributed by atoms with van der Waals surface area (Å²) in [4.78, 5) is 23.5. The molecule has 3 fully saturated rings. The molecular weight excluding hydrogens is 244 g/mol. The van der Waals surface area contributed by atoms with Crippen LogP contribution < -0.4 is 0 Å². The van der Waals surface area contributed by atoms with Crippen molar-refractivity contribution < 1.29 is 19.1 Å². The highest BCUT2D eigenvalue weighted by Gasteiger charge is 2.59. The number of hydrogen-bond acceptors (Lipinski definition) is 4. The summed E-state index contributed by atoms with van der Waals surface area (Å²) >= 11 is 0. The van der Waals surface area contributed by atoms with Crippen LogP contribution in [0.1, 0.15) is 46.5 Å².